The number of anilines is 2. The second kappa shape index (κ2) is 10.4. The molecule has 0 bridgehead atoms. The summed E-state index contributed by atoms with van der Waals surface area (Å²) in [6.45, 7) is 4.02. The van der Waals surface area contributed by atoms with Gasteiger partial charge in [-0.1, -0.05) is 48.0 Å². The lowest BCUT2D eigenvalue weighted by Crippen LogP contribution is -2.44. The van der Waals surface area contributed by atoms with Crippen molar-refractivity contribution in [3.05, 3.63) is 99.9 Å². The minimum atomic E-state index is -1.17. The van der Waals surface area contributed by atoms with E-state index in [2.05, 4.69) is 9.69 Å². The first kappa shape index (κ1) is 24.7. The SMILES string of the molecule is Cc1ccc(N(C(=O)c2snc(C(N)=O)c2N)[C@H](C(=O)NCc2ccccc2)c2ccco2)c(C)c1. The average molecular weight is 504 g/mol. The minimum absolute atomic E-state index is 0.00353. The van der Waals surface area contributed by atoms with E-state index in [9.17, 15) is 14.4 Å². The first-order valence-corrected chi connectivity index (χ1v) is 11.9. The van der Waals surface area contributed by atoms with E-state index < -0.39 is 23.8 Å². The molecule has 2 aromatic carbocycles. The predicted octanol–water partition coefficient (Wildman–Crippen LogP) is 3.74. The van der Waals surface area contributed by atoms with Crippen molar-refractivity contribution in [2.75, 3.05) is 10.6 Å². The number of aromatic nitrogens is 1. The Kier molecular flexibility index (Phi) is 7.16. The van der Waals surface area contributed by atoms with Crippen molar-refractivity contribution in [1.82, 2.24) is 9.69 Å². The molecule has 3 amide bonds. The fourth-order valence-electron chi connectivity index (χ4n) is 3.88. The van der Waals surface area contributed by atoms with E-state index in [0.717, 1.165) is 28.2 Å². The van der Waals surface area contributed by atoms with Crippen molar-refractivity contribution >= 4 is 40.6 Å². The molecule has 2 heterocycles. The van der Waals surface area contributed by atoms with Gasteiger partial charge in [0, 0.05) is 12.2 Å². The van der Waals surface area contributed by atoms with Gasteiger partial charge in [-0.05, 0) is 54.7 Å². The number of nitrogens with one attached hydrogen (secondary N) is 1. The highest BCUT2D eigenvalue weighted by molar-refractivity contribution is 7.09. The van der Waals surface area contributed by atoms with E-state index in [-0.39, 0.29) is 28.6 Å². The van der Waals surface area contributed by atoms with Crippen LogP contribution in [0.4, 0.5) is 11.4 Å². The Morgan fingerprint density at radius 2 is 1.83 bits per heavy atom. The number of hydrogen-bond donors (Lipinski definition) is 3. The van der Waals surface area contributed by atoms with Gasteiger partial charge in [0.15, 0.2) is 11.7 Å². The van der Waals surface area contributed by atoms with Gasteiger partial charge in [0.25, 0.3) is 17.7 Å². The van der Waals surface area contributed by atoms with Gasteiger partial charge in [0.05, 0.1) is 12.0 Å². The van der Waals surface area contributed by atoms with Crippen LogP contribution in [0.25, 0.3) is 0 Å². The van der Waals surface area contributed by atoms with Crippen LogP contribution in [0, 0.1) is 13.8 Å². The Bertz CT molecular complexity index is 1400. The molecule has 0 spiro atoms. The summed E-state index contributed by atoms with van der Waals surface area (Å²) in [4.78, 5) is 40.7. The molecule has 36 heavy (non-hydrogen) atoms. The van der Waals surface area contributed by atoms with Crippen molar-refractivity contribution < 1.29 is 18.8 Å². The highest BCUT2D eigenvalue weighted by atomic mass is 32.1. The Labute approximate surface area is 211 Å². The number of carbonyl (C=O) groups is 3. The number of furan rings is 1. The normalized spacial score (nSPS) is 11.6. The molecular weight excluding hydrogens is 478 g/mol. The third-order valence-corrected chi connectivity index (χ3v) is 6.47. The van der Waals surface area contributed by atoms with E-state index in [1.807, 2.05) is 56.3 Å². The second-order valence-electron chi connectivity index (χ2n) is 8.22. The van der Waals surface area contributed by atoms with Crippen molar-refractivity contribution in [2.45, 2.75) is 26.4 Å². The highest BCUT2D eigenvalue weighted by Gasteiger charge is 2.38. The predicted molar refractivity (Wildman–Crippen MR) is 138 cm³/mol. The van der Waals surface area contributed by atoms with E-state index in [1.54, 1.807) is 18.2 Å². The fourth-order valence-corrected chi connectivity index (χ4v) is 4.62. The third kappa shape index (κ3) is 4.98. The van der Waals surface area contributed by atoms with Crippen molar-refractivity contribution in [3.63, 3.8) is 0 Å². The summed E-state index contributed by atoms with van der Waals surface area (Å²) >= 11 is 0.752. The molecule has 2 aromatic heterocycles. The number of hydrogen-bond acceptors (Lipinski definition) is 7. The molecular formula is C26H25N5O4S. The monoisotopic (exact) mass is 503 g/mol. The molecule has 0 saturated carbocycles. The molecule has 0 saturated heterocycles. The lowest BCUT2D eigenvalue weighted by molar-refractivity contribution is -0.123. The molecule has 4 rings (SSSR count). The number of aryl methyl sites for hydroxylation is 2. The zero-order chi connectivity index (χ0) is 25.8. The Morgan fingerprint density at radius 1 is 1.08 bits per heavy atom. The van der Waals surface area contributed by atoms with Gasteiger partial charge in [-0.25, -0.2) is 0 Å². The third-order valence-electron chi connectivity index (χ3n) is 5.62. The summed E-state index contributed by atoms with van der Waals surface area (Å²) in [7, 11) is 0. The van der Waals surface area contributed by atoms with Gasteiger partial charge in [0.1, 0.15) is 10.6 Å². The first-order valence-electron chi connectivity index (χ1n) is 11.1. The summed E-state index contributed by atoms with van der Waals surface area (Å²) in [5, 5.41) is 2.90. The summed E-state index contributed by atoms with van der Waals surface area (Å²) in [5.41, 5.74) is 14.2. The molecule has 0 fully saturated rings. The molecule has 0 radical (unpaired) electrons. The van der Waals surface area contributed by atoms with Gasteiger partial charge in [0.2, 0.25) is 0 Å². The van der Waals surface area contributed by atoms with Gasteiger partial charge >= 0.3 is 0 Å². The summed E-state index contributed by atoms with van der Waals surface area (Å²) in [5.74, 6) is -1.66. The number of benzene rings is 2. The number of amides is 3. The molecule has 0 unspecified atom stereocenters. The Morgan fingerprint density at radius 3 is 2.44 bits per heavy atom. The second-order valence-corrected chi connectivity index (χ2v) is 9.00. The molecule has 0 aliphatic rings. The maximum atomic E-state index is 14.0. The molecule has 184 valence electrons. The van der Waals surface area contributed by atoms with Crippen LogP contribution in [-0.4, -0.2) is 22.1 Å². The highest BCUT2D eigenvalue weighted by Crippen LogP contribution is 2.35. The molecule has 9 nitrogen and oxygen atoms in total. The van der Waals surface area contributed by atoms with Crippen LogP contribution in [-0.2, 0) is 11.3 Å². The molecule has 0 aliphatic carbocycles. The van der Waals surface area contributed by atoms with Crippen LogP contribution in [0.15, 0.2) is 71.3 Å². The number of nitrogen functional groups attached to an aromatic ring is 1. The lowest BCUT2D eigenvalue weighted by Gasteiger charge is -2.31. The van der Waals surface area contributed by atoms with Crippen LogP contribution < -0.4 is 21.7 Å². The average Bonchev–Trinajstić information content (AvgIpc) is 3.52. The Balaban J connectivity index is 1.81. The quantitative estimate of drug-likeness (QED) is 0.334. The van der Waals surface area contributed by atoms with E-state index in [0.29, 0.717) is 5.69 Å². The summed E-state index contributed by atoms with van der Waals surface area (Å²) in [6, 6.07) is 17.0. The van der Waals surface area contributed by atoms with E-state index in [4.69, 9.17) is 15.9 Å². The topological polar surface area (TPSA) is 145 Å². The number of primary amides is 1. The fraction of sp³-hybridized carbons (Fsp3) is 0.154. The summed E-state index contributed by atoms with van der Waals surface area (Å²) < 4.78 is 9.58. The minimum Gasteiger partial charge on any atom is -0.467 e. The van der Waals surface area contributed by atoms with E-state index in [1.165, 1.54) is 11.2 Å². The smallest absolute Gasteiger partial charge is 0.273 e. The van der Waals surface area contributed by atoms with Crippen LogP contribution in [0.1, 0.15) is 48.7 Å². The maximum absolute atomic E-state index is 14.0. The number of nitrogens with zero attached hydrogens (tertiary/aromatic N) is 2. The van der Waals surface area contributed by atoms with E-state index >= 15 is 0 Å². The largest absolute Gasteiger partial charge is 0.467 e. The van der Waals surface area contributed by atoms with Gasteiger partial charge in [-0.2, -0.15) is 4.37 Å². The maximum Gasteiger partial charge on any atom is 0.273 e. The molecule has 0 aliphatic heterocycles. The molecule has 10 heteroatoms. The number of nitrogens with two attached hydrogens (primary N) is 2. The lowest BCUT2D eigenvalue weighted by atomic mass is 10.0. The van der Waals surface area contributed by atoms with Gasteiger partial charge < -0.3 is 21.2 Å². The van der Waals surface area contributed by atoms with Gasteiger partial charge in [-0.3, -0.25) is 19.3 Å². The molecule has 4 aromatic rings. The van der Waals surface area contributed by atoms with Crippen molar-refractivity contribution in [2.24, 2.45) is 5.73 Å². The summed E-state index contributed by atoms with van der Waals surface area (Å²) in [6.07, 6.45) is 1.43. The van der Waals surface area contributed by atoms with Crippen molar-refractivity contribution in [3.8, 4) is 0 Å². The number of carbonyl (C=O) groups excluding carboxylic acids is 3. The standard InChI is InChI=1S/C26H25N5O4S/c1-15-10-11-18(16(2)13-15)31(26(34)23-20(27)21(24(28)32)30-36-23)22(19-9-6-12-35-19)25(33)29-14-17-7-4-3-5-8-17/h3-13,22H,14,27H2,1-2H3,(H2,28,32)(H,29,33)/t22-/m0/s1. The van der Waals surface area contributed by atoms with Crippen LogP contribution in [0.2, 0.25) is 0 Å². The zero-order valence-corrected chi connectivity index (χ0v) is 20.5. The van der Waals surface area contributed by atoms with Gasteiger partial charge in [-0.15, -0.1) is 0 Å². The zero-order valence-electron chi connectivity index (χ0n) is 19.7. The Hall–Kier alpha value is -4.44. The van der Waals surface area contributed by atoms with Crippen molar-refractivity contribution in [1.29, 1.82) is 0 Å². The number of rotatable bonds is 8. The molecule has 1 atom stereocenters. The van der Waals surface area contributed by atoms with Crippen LogP contribution in [0.5, 0.6) is 0 Å². The van der Waals surface area contributed by atoms with Crippen LogP contribution >= 0.6 is 11.5 Å². The van der Waals surface area contributed by atoms with Crippen LogP contribution in [0.3, 0.4) is 0 Å². The first-order chi connectivity index (χ1) is 17.3. The molecule has 5 N–H and O–H groups in total.